The van der Waals surface area contributed by atoms with Gasteiger partial charge in [-0.3, -0.25) is 9.78 Å². The molecule has 1 aromatic rings. The second-order valence-electron chi connectivity index (χ2n) is 3.97. The number of carbonyl (C=O) groups excluding carboxylic acids is 1. The molecule has 0 aliphatic heterocycles. The van der Waals surface area contributed by atoms with E-state index < -0.39 is 0 Å². The largest absolute Gasteiger partial charge is 0.395 e. The van der Waals surface area contributed by atoms with E-state index in [1.807, 2.05) is 20.1 Å². The molecule has 0 fully saturated rings. The fourth-order valence-corrected chi connectivity index (χ4v) is 2.12. The van der Waals surface area contributed by atoms with Gasteiger partial charge in [0.2, 0.25) is 0 Å². The zero-order chi connectivity index (χ0) is 12.8. The number of aromatic nitrogens is 1. The van der Waals surface area contributed by atoms with E-state index >= 15 is 0 Å². The predicted molar refractivity (Wildman–Crippen MR) is 70.3 cm³/mol. The Morgan fingerprint density at radius 1 is 1.59 bits per heavy atom. The molecule has 17 heavy (non-hydrogen) atoms. The normalized spacial score (nSPS) is 14.1. The number of rotatable bonds is 5. The maximum Gasteiger partial charge on any atom is 0.253 e. The highest BCUT2D eigenvalue weighted by Crippen LogP contribution is 2.11. The van der Waals surface area contributed by atoms with Crippen LogP contribution in [-0.2, 0) is 0 Å². The van der Waals surface area contributed by atoms with Gasteiger partial charge in [-0.05, 0) is 31.7 Å². The quantitative estimate of drug-likeness (QED) is 0.829. The summed E-state index contributed by atoms with van der Waals surface area (Å²) in [7, 11) is 0. The average molecular weight is 254 g/mol. The predicted octanol–water partition coefficient (Wildman–Crippen LogP) is 1.23. The summed E-state index contributed by atoms with van der Waals surface area (Å²) >= 11 is 1.54. The van der Waals surface area contributed by atoms with Crippen LogP contribution in [0, 0.1) is 6.92 Å². The zero-order valence-corrected chi connectivity index (χ0v) is 11.1. The van der Waals surface area contributed by atoms with Crippen molar-refractivity contribution in [2.24, 2.45) is 0 Å². The van der Waals surface area contributed by atoms with Crippen LogP contribution < -0.4 is 5.32 Å². The lowest BCUT2D eigenvalue weighted by molar-refractivity contribution is 0.0935. The molecular weight excluding hydrogens is 236 g/mol. The average Bonchev–Trinajstić information content (AvgIpc) is 2.30. The van der Waals surface area contributed by atoms with E-state index in [-0.39, 0.29) is 23.8 Å². The van der Waals surface area contributed by atoms with Gasteiger partial charge in [0.05, 0.1) is 12.2 Å². The van der Waals surface area contributed by atoms with E-state index in [0.29, 0.717) is 5.56 Å². The Morgan fingerprint density at radius 2 is 2.29 bits per heavy atom. The number of pyridine rings is 1. The first-order valence-electron chi connectivity index (χ1n) is 5.44. The minimum atomic E-state index is -0.152. The maximum absolute atomic E-state index is 11.9. The maximum atomic E-state index is 11.9. The fourth-order valence-electron chi connectivity index (χ4n) is 1.50. The first-order chi connectivity index (χ1) is 8.08. The topological polar surface area (TPSA) is 62.2 Å². The third kappa shape index (κ3) is 4.02. The smallest absolute Gasteiger partial charge is 0.253 e. The summed E-state index contributed by atoms with van der Waals surface area (Å²) in [6, 6.07) is 1.71. The lowest BCUT2D eigenvalue weighted by Crippen LogP contribution is -2.41. The first-order valence-corrected chi connectivity index (χ1v) is 6.73. The molecule has 0 saturated heterocycles. The van der Waals surface area contributed by atoms with Gasteiger partial charge in [-0.2, -0.15) is 11.8 Å². The minimum Gasteiger partial charge on any atom is -0.395 e. The van der Waals surface area contributed by atoms with Crippen LogP contribution in [-0.4, -0.2) is 40.2 Å². The number of hydrogen-bond acceptors (Lipinski definition) is 4. The molecule has 4 nitrogen and oxygen atoms in total. The Kier molecular flexibility index (Phi) is 5.44. The van der Waals surface area contributed by atoms with Crippen molar-refractivity contribution in [2.45, 2.75) is 25.1 Å². The van der Waals surface area contributed by atoms with E-state index in [0.717, 1.165) is 5.56 Å². The van der Waals surface area contributed by atoms with Crippen LogP contribution in [0.25, 0.3) is 0 Å². The molecule has 0 aliphatic carbocycles. The van der Waals surface area contributed by atoms with Crippen LogP contribution >= 0.6 is 11.8 Å². The number of nitrogens with one attached hydrogen (secondary N) is 1. The number of carbonyl (C=O) groups is 1. The van der Waals surface area contributed by atoms with Gasteiger partial charge in [0.1, 0.15) is 0 Å². The van der Waals surface area contributed by atoms with Crippen LogP contribution in [0.15, 0.2) is 18.5 Å². The molecular formula is C12H18N2O2S. The van der Waals surface area contributed by atoms with Crippen molar-refractivity contribution >= 4 is 17.7 Å². The molecule has 1 amide bonds. The summed E-state index contributed by atoms with van der Waals surface area (Å²) in [5, 5.41) is 12.0. The van der Waals surface area contributed by atoms with Crippen molar-refractivity contribution in [3.63, 3.8) is 0 Å². The van der Waals surface area contributed by atoms with E-state index in [1.54, 1.807) is 18.5 Å². The Bertz CT molecular complexity index is 381. The SMILES string of the molecule is CSC(CO)C(C)NC(=O)c1cncc(C)c1. The second-order valence-corrected chi connectivity index (χ2v) is 5.05. The lowest BCUT2D eigenvalue weighted by Gasteiger charge is -2.21. The van der Waals surface area contributed by atoms with Gasteiger partial charge in [-0.1, -0.05) is 0 Å². The third-order valence-corrected chi connectivity index (χ3v) is 3.70. The molecule has 0 spiro atoms. The number of hydrogen-bond donors (Lipinski definition) is 2. The van der Waals surface area contributed by atoms with Crippen LogP contribution in [0.3, 0.4) is 0 Å². The number of aliphatic hydroxyl groups is 1. The van der Waals surface area contributed by atoms with Gasteiger partial charge in [0.15, 0.2) is 0 Å². The summed E-state index contributed by atoms with van der Waals surface area (Å²) in [5.74, 6) is -0.152. The monoisotopic (exact) mass is 254 g/mol. The fraction of sp³-hybridized carbons (Fsp3) is 0.500. The van der Waals surface area contributed by atoms with E-state index in [4.69, 9.17) is 5.11 Å². The Morgan fingerprint density at radius 3 is 2.82 bits per heavy atom. The molecule has 0 aromatic carbocycles. The third-order valence-electron chi connectivity index (χ3n) is 2.54. The summed E-state index contributed by atoms with van der Waals surface area (Å²) in [6.07, 6.45) is 5.17. The summed E-state index contributed by atoms with van der Waals surface area (Å²) in [5.41, 5.74) is 1.50. The molecule has 0 bridgehead atoms. The van der Waals surface area contributed by atoms with Crippen molar-refractivity contribution in [1.29, 1.82) is 0 Å². The summed E-state index contributed by atoms with van der Waals surface area (Å²) in [4.78, 5) is 15.9. The van der Waals surface area contributed by atoms with Crippen molar-refractivity contribution in [2.75, 3.05) is 12.9 Å². The summed E-state index contributed by atoms with van der Waals surface area (Å²) in [6.45, 7) is 3.83. The summed E-state index contributed by atoms with van der Waals surface area (Å²) < 4.78 is 0. The molecule has 2 atom stereocenters. The number of aryl methyl sites for hydroxylation is 1. The van der Waals surface area contributed by atoms with E-state index in [9.17, 15) is 4.79 Å². The molecule has 1 rings (SSSR count). The number of nitrogens with zero attached hydrogens (tertiary/aromatic N) is 1. The van der Waals surface area contributed by atoms with Crippen molar-refractivity contribution in [3.8, 4) is 0 Å². The Hall–Kier alpha value is -1.07. The van der Waals surface area contributed by atoms with Gasteiger partial charge in [-0.25, -0.2) is 0 Å². The number of amides is 1. The van der Waals surface area contributed by atoms with Gasteiger partial charge in [-0.15, -0.1) is 0 Å². The number of aliphatic hydroxyl groups excluding tert-OH is 1. The minimum absolute atomic E-state index is 0.0109. The molecule has 0 saturated carbocycles. The lowest BCUT2D eigenvalue weighted by atomic mass is 10.2. The molecule has 1 heterocycles. The molecule has 0 radical (unpaired) electrons. The van der Waals surface area contributed by atoms with Crippen LogP contribution in [0.5, 0.6) is 0 Å². The number of thioether (sulfide) groups is 1. The van der Waals surface area contributed by atoms with Gasteiger partial charge >= 0.3 is 0 Å². The van der Waals surface area contributed by atoms with Crippen molar-refractivity contribution in [3.05, 3.63) is 29.6 Å². The molecule has 0 aliphatic rings. The van der Waals surface area contributed by atoms with Gasteiger partial charge in [0, 0.05) is 23.7 Å². The molecule has 1 aromatic heterocycles. The molecule has 5 heteroatoms. The van der Waals surface area contributed by atoms with Crippen LogP contribution in [0.2, 0.25) is 0 Å². The zero-order valence-electron chi connectivity index (χ0n) is 10.3. The van der Waals surface area contributed by atoms with Crippen LogP contribution in [0.1, 0.15) is 22.8 Å². The van der Waals surface area contributed by atoms with Crippen LogP contribution in [0.4, 0.5) is 0 Å². The first kappa shape index (κ1) is 14.0. The van der Waals surface area contributed by atoms with Gasteiger partial charge < -0.3 is 10.4 Å². The highest BCUT2D eigenvalue weighted by molar-refractivity contribution is 7.99. The Labute approximate surface area is 106 Å². The highest BCUT2D eigenvalue weighted by Gasteiger charge is 2.18. The standard InChI is InChI=1S/C12H18N2O2S/c1-8-4-10(6-13-5-8)12(16)14-9(2)11(7-15)17-3/h4-6,9,11,15H,7H2,1-3H3,(H,14,16). The molecule has 2 unspecified atom stereocenters. The van der Waals surface area contributed by atoms with E-state index in [1.165, 1.54) is 11.8 Å². The highest BCUT2D eigenvalue weighted by atomic mass is 32.2. The van der Waals surface area contributed by atoms with E-state index in [2.05, 4.69) is 10.3 Å². The van der Waals surface area contributed by atoms with Gasteiger partial charge in [0.25, 0.3) is 5.91 Å². The van der Waals surface area contributed by atoms with Crippen molar-refractivity contribution < 1.29 is 9.90 Å². The second kappa shape index (κ2) is 6.61. The van der Waals surface area contributed by atoms with Crippen molar-refractivity contribution in [1.82, 2.24) is 10.3 Å². The molecule has 94 valence electrons. The molecule has 2 N–H and O–H groups in total. The Balaban J connectivity index is 2.66.